The molecule has 0 N–H and O–H groups in total. The summed E-state index contributed by atoms with van der Waals surface area (Å²) in [4.78, 5) is 27.8. The maximum absolute atomic E-state index is 12.9. The Kier molecular flexibility index (Phi) is 6.02. The number of morpholine rings is 1. The third-order valence-electron chi connectivity index (χ3n) is 4.46. The molecule has 10 heteroatoms. The van der Waals surface area contributed by atoms with Crippen molar-refractivity contribution >= 4 is 45.8 Å². The molecule has 5 nitrogen and oxygen atoms in total. The number of alkyl halides is 3. The van der Waals surface area contributed by atoms with E-state index in [2.05, 4.69) is 0 Å². The smallest absolute Gasteiger partial charge is 0.372 e. The number of imide groups is 1. The first-order valence-electron chi connectivity index (χ1n) is 8.71. The predicted molar refractivity (Wildman–Crippen MR) is 104 cm³/mol. The lowest BCUT2D eigenvalue weighted by Gasteiger charge is -2.36. The Morgan fingerprint density at radius 1 is 1.21 bits per heavy atom. The first-order valence-corrected chi connectivity index (χ1v) is 10.00. The van der Waals surface area contributed by atoms with Crippen LogP contribution in [0.2, 0.25) is 0 Å². The van der Waals surface area contributed by atoms with Crippen molar-refractivity contribution in [2.75, 3.05) is 18.0 Å². The first-order chi connectivity index (χ1) is 13.1. The average Bonchev–Trinajstić information content (AvgIpc) is 2.87. The zero-order valence-corrected chi connectivity index (χ0v) is 16.9. The fourth-order valence-corrected chi connectivity index (χ4v) is 4.78. The number of nitrogens with zero attached hydrogens (tertiary/aromatic N) is 2. The molecule has 2 aliphatic rings. The summed E-state index contributed by atoms with van der Waals surface area (Å²) in [6.07, 6.45) is -4.68. The van der Waals surface area contributed by atoms with Crippen molar-refractivity contribution in [3.63, 3.8) is 0 Å². The van der Waals surface area contributed by atoms with Gasteiger partial charge in [0.25, 0.3) is 0 Å². The van der Waals surface area contributed by atoms with Crippen molar-refractivity contribution in [1.82, 2.24) is 4.90 Å². The van der Waals surface area contributed by atoms with Crippen LogP contribution in [-0.2, 0) is 20.5 Å². The normalized spacial score (nSPS) is 26.1. The highest BCUT2D eigenvalue weighted by Crippen LogP contribution is 2.35. The molecule has 2 saturated heterocycles. The summed E-state index contributed by atoms with van der Waals surface area (Å²) in [6, 6.07) is 4.21. The number of amides is 2. The molecule has 152 valence electrons. The van der Waals surface area contributed by atoms with Gasteiger partial charge < -0.3 is 9.64 Å². The fraction of sp³-hybridized carbons (Fsp3) is 0.500. The van der Waals surface area contributed by atoms with Gasteiger partial charge in [-0.3, -0.25) is 9.59 Å². The molecule has 1 aromatic rings. The zero-order valence-electron chi connectivity index (χ0n) is 15.2. The van der Waals surface area contributed by atoms with Crippen LogP contribution in [0.5, 0.6) is 0 Å². The predicted octanol–water partition coefficient (Wildman–Crippen LogP) is 3.46. The number of carbonyl (C=O) groups excluding carboxylic acids is 2. The number of benzene rings is 1. The van der Waals surface area contributed by atoms with Gasteiger partial charge in [0.1, 0.15) is 9.57 Å². The van der Waals surface area contributed by atoms with E-state index in [9.17, 15) is 22.8 Å². The Labute approximate surface area is 170 Å². The number of thiocarbonyl (C=S) groups is 1. The fourth-order valence-electron chi connectivity index (χ4n) is 3.31. The van der Waals surface area contributed by atoms with Crippen molar-refractivity contribution in [3.8, 4) is 0 Å². The number of anilines is 1. The average molecular weight is 432 g/mol. The Morgan fingerprint density at radius 3 is 2.46 bits per heavy atom. The molecule has 0 saturated carbocycles. The summed E-state index contributed by atoms with van der Waals surface area (Å²) in [6.45, 7) is 5.02. The van der Waals surface area contributed by atoms with Gasteiger partial charge in [-0.1, -0.05) is 30.0 Å². The van der Waals surface area contributed by atoms with Crippen molar-refractivity contribution < 1.29 is 27.5 Å². The Balaban J connectivity index is 1.73. The van der Waals surface area contributed by atoms with Crippen molar-refractivity contribution in [2.24, 2.45) is 0 Å². The van der Waals surface area contributed by atoms with E-state index in [1.165, 1.54) is 12.1 Å². The SMILES string of the molecule is CC1CN(C(=S)SC2CC(=O)N(c3cccc(C(F)(F)F)c3)C2=O)CC(C)O1. The zero-order chi connectivity index (χ0) is 20.6. The highest BCUT2D eigenvalue weighted by atomic mass is 32.2. The van der Waals surface area contributed by atoms with Gasteiger partial charge in [0.15, 0.2) is 0 Å². The van der Waals surface area contributed by atoms with Gasteiger partial charge in [-0.15, -0.1) is 0 Å². The van der Waals surface area contributed by atoms with Gasteiger partial charge in [-0.05, 0) is 32.0 Å². The quantitative estimate of drug-likeness (QED) is 0.527. The molecule has 2 fully saturated rings. The number of thioether (sulfide) groups is 1. The second-order valence-electron chi connectivity index (χ2n) is 6.85. The molecule has 1 aromatic carbocycles. The van der Waals surface area contributed by atoms with Gasteiger partial charge in [0.2, 0.25) is 11.8 Å². The van der Waals surface area contributed by atoms with E-state index in [4.69, 9.17) is 17.0 Å². The molecule has 0 aromatic heterocycles. The van der Waals surface area contributed by atoms with E-state index in [1.807, 2.05) is 18.7 Å². The largest absolute Gasteiger partial charge is 0.416 e. The second-order valence-corrected chi connectivity index (χ2v) is 8.69. The summed E-state index contributed by atoms with van der Waals surface area (Å²) in [7, 11) is 0. The van der Waals surface area contributed by atoms with E-state index >= 15 is 0 Å². The Hall–Kier alpha value is -1.65. The molecule has 3 rings (SSSR count). The van der Waals surface area contributed by atoms with Crippen LogP contribution in [0.3, 0.4) is 0 Å². The summed E-state index contributed by atoms with van der Waals surface area (Å²) in [5, 5.41) is -0.747. The number of rotatable bonds is 2. The van der Waals surface area contributed by atoms with Crippen LogP contribution in [0.25, 0.3) is 0 Å². The minimum absolute atomic E-state index is 0.00943. The van der Waals surface area contributed by atoms with Crippen LogP contribution < -0.4 is 4.90 Å². The number of carbonyl (C=O) groups is 2. The standard InChI is InChI=1S/C18H19F3N2O3S2/c1-10-8-22(9-11(2)26-10)17(27)28-14-7-15(24)23(16(14)25)13-5-3-4-12(6-13)18(19,20)21/h3-6,10-11,14H,7-9H2,1-2H3. The van der Waals surface area contributed by atoms with Crippen LogP contribution in [0.15, 0.2) is 24.3 Å². The summed E-state index contributed by atoms with van der Waals surface area (Å²) < 4.78 is 45.0. The lowest BCUT2D eigenvalue weighted by atomic mass is 10.2. The van der Waals surface area contributed by atoms with E-state index in [1.54, 1.807) is 0 Å². The van der Waals surface area contributed by atoms with E-state index in [-0.39, 0.29) is 24.3 Å². The maximum atomic E-state index is 12.9. The van der Waals surface area contributed by atoms with Crippen molar-refractivity contribution in [3.05, 3.63) is 29.8 Å². The Bertz CT molecular complexity index is 793. The third kappa shape index (κ3) is 4.49. The van der Waals surface area contributed by atoms with Crippen LogP contribution >= 0.6 is 24.0 Å². The molecule has 0 bridgehead atoms. The topological polar surface area (TPSA) is 49.9 Å². The van der Waals surface area contributed by atoms with E-state index in [0.717, 1.165) is 28.8 Å². The molecule has 2 amide bonds. The summed E-state index contributed by atoms with van der Waals surface area (Å²) in [5.74, 6) is -1.08. The molecular formula is C18H19F3N2O3S2. The van der Waals surface area contributed by atoms with Crippen LogP contribution in [-0.4, -0.2) is 51.6 Å². The van der Waals surface area contributed by atoms with Crippen LogP contribution in [0, 0.1) is 0 Å². The molecule has 0 radical (unpaired) electrons. The molecule has 0 aliphatic carbocycles. The lowest BCUT2D eigenvalue weighted by molar-refractivity contribution is -0.137. The van der Waals surface area contributed by atoms with Gasteiger partial charge in [0, 0.05) is 19.5 Å². The van der Waals surface area contributed by atoms with E-state index < -0.39 is 28.8 Å². The third-order valence-corrected chi connectivity index (χ3v) is 6.12. The number of hydrogen-bond donors (Lipinski definition) is 0. The number of hydrogen-bond acceptors (Lipinski definition) is 5. The number of ether oxygens (including phenoxy) is 1. The van der Waals surface area contributed by atoms with Gasteiger partial charge in [-0.25, -0.2) is 4.90 Å². The minimum Gasteiger partial charge on any atom is -0.372 e. The van der Waals surface area contributed by atoms with Crippen molar-refractivity contribution in [2.45, 2.75) is 43.9 Å². The second kappa shape index (κ2) is 8.00. The summed E-state index contributed by atoms with van der Waals surface area (Å²) in [5.41, 5.74) is -0.985. The van der Waals surface area contributed by atoms with Gasteiger partial charge in [0.05, 0.1) is 23.5 Å². The molecule has 2 aliphatic heterocycles. The minimum atomic E-state index is -4.55. The molecule has 3 unspecified atom stereocenters. The Morgan fingerprint density at radius 2 is 1.86 bits per heavy atom. The molecule has 3 atom stereocenters. The molecule has 28 heavy (non-hydrogen) atoms. The summed E-state index contributed by atoms with van der Waals surface area (Å²) >= 11 is 6.54. The van der Waals surface area contributed by atoms with Crippen molar-refractivity contribution in [1.29, 1.82) is 0 Å². The monoisotopic (exact) mass is 432 g/mol. The number of halogens is 3. The highest BCUT2D eigenvalue weighted by Gasteiger charge is 2.42. The van der Waals surface area contributed by atoms with Crippen LogP contribution in [0.4, 0.5) is 18.9 Å². The van der Waals surface area contributed by atoms with Gasteiger partial charge >= 0.3 is 6.18 Å². The maximum Gasteiger partial charge on any atom is 0.416 e. The van der Waals surface area contributed by atoms with Crippen LogP contribution in [0.1, 0.15) is 25.8 Å². The van der Waals surface area contributed by atoms with Gasteiger partial charge in [-0.2, -0.15) is 13.2 Å². The first kappa shape index (κ1) is 21.1. The van der Waals surface area contributed by atoms with E-state index in [0.29, 0.717) is 17.4 Å². The molecular weight excluding hydrogens is 413 g/mol. The molecule has 0 spiro atoms. The highest BCUT2D eigenvalue weighted by molar-refractivity contribution is 8.23. The molecule has 2 heterocycles. The lowest BCUT2D eigenvalue weighted by Crippen LogP contribution is -2.47.